The van der Waals surface area contributed by atoms with E-state index >= 15 is 0 Å². The van der Waals surface area contributed by atoms with E-state index in [2.05, 4.69) is 128 Å². The van der Waals surface area contributed by atoms with Gasteiger partial charge in [-0.1, -0.05) is 65.8 Å². The van der Waals surface area contributed by atoms with Crippen molar-refractivity contribution in [3.05, 3.63) is 94.6 Å². The van der Waals surface area contributed by atoms with Gasteiger partial charge in [-0.2, -0.15) is 0 Å². The predicted octanol–water partition coefficient (Wildman–Crippen LogP) is 9.20. The monoisotopic (exact) mass is 510 g/mol. The van der Waals surface area contributed by atoms with E-state index in [1.807, 2.05) is 18.3 Å². The molecule has 0 saturated carbocycles. The van der Waals surface area contributed by atoms with E-state index in [-0.39, 0.29) is 10.8 Å². The minimum Gasteiger partial charge on any atom is -0.309 e. The fraction of sp³-hybridized carbons (Fsp3) is 0.258. The van der Waals surface area contributed by atoms with Crippen molar-refractivity contribution in [3.63, 3.8) is 0 Å². The molecule has 0 atom stereocenters. The van der Waals surface area contributed by atoms with Gasteiger partial charge in [0.25, 0.3) is 0 Å². The Hall–Kier alpha value is -2.91. The highest BCUT2D eigenvalue weighted by molar-refractivity contribution is 9.10. The molecule has 5 rings (SSSR count). The van der Waals surface area contributed by atoms with Gasteiger partial charge in [-0.15, -0.1) is 0 Å². The number of fused-ring (bicyclic) bond motifs is 3. The van der Waals surface area contributed by atoms with Crippen LogP contribution < -0.4 is 0 Å². The van der Waals surface area contributed by atoms with Crippen molar-refractivity contribution >= 4 is 37.7 Å². The summed E-state index contributed by atoms with van der Waals surface area (Å²) in [6.07, 6.45) is 1.84. The standard InChI is InChI=1S/C31H31BrN2/c1-30(2,3)21-9-15-28-25(17-21)26-18-22(31(4,5)6)10-16-29(26)34(28)24-12-7-20(8-13-24)27-14-11-23(32)19-33-27/h7-19H,1-6H3. The summed E-state index contributed by atoms with van der Waals surface area (Å²) in [6.45, 7) is 13.7. The smallest absolute Gasteiger partial charge is 0.0702 e. The van der Waals surface area contributed by atoms with Crippen LogP contribution in [0.15, 0.2) is 83.5 Å². The molecule has 0 amide bonds. The fourth-order valence-corrected chi connectivity index (χ4v) is 4.80. The van der Waals surface area contributed by atoms with Crippen molar-refractivity contribution in [2.45, 2.75) is 52.4 Å². The average molecular weight is 512 g/mol. The Morgan fingerprint density at radius 2 is 1.18 bits per heavy atom. The molecule has 0 fully saturated rings. The van der Waals surface area contributed by atoms with E-state index < -0.39 is 0 Å². The van der Waals surface area contributed by atoms with Gasteiger partial charge in [0.05, 0.1) is 16.7 Å². The molecule has 0 radical (unpaired) electrons. The van der Waals surface area contributed by atoms with Gasteiger partial charge in [0.1, 0.15) is 0 Å². The Labute approximate surface area is 210 Å². The first-order valence-corrected chi connectivity index (χ1v) is 12.6. The van der Waals surface area contributed by atoms with E-state index in [9.17, 15) is 0 Å². The van der Waals surface area contributed by atoms with Crippen molar-refractivity contribution in [3.8, 4) is 16.9 Å². The summed E-state index contributed by atoms with van der Waals surface area (Å²) in [5.41, 5.74) is 8.64. The molecule has 2 heterocycles. The predicted molar refractivity (Wildman–Crippen MR) is 149 cm³/mol. The molecular weight excluding hydrogens is 480 g/mol. The number of aromatic nitrogens is 2. The summed E-state index contributed by atoms with van der Waals surface area (Å²) in [7, 11) is 0. The van der Waals surface area contributed by atoms with Gasteiger partial charge in [-0.3, -0.25) is 4.98 Å². The maximum Gasteiger partial charge on any atom is 0.0702 e. The molecule has 0 aliphatic rings. The summed E-state index contributed by atoms with van der Waals surface area (Å²) in [5, 5.41) is 2.62. The van der Waals surface area contributed by atoms with Crippen LogP contribution in [0.1, 0.15) is 52.7 Å². The van der Waals surface area contributed by atoms with Crippen LogP contribution in [0.5, 0.6) is 0 Å². The molecule has 0 aliphatic carbocycles. The highest BCUT2D eigenvalue weighted by Crippen LogP contribution is 2.37. The van der Waals surface area contributed by atoms with Gasteiger partial charge >= 0.3 is 0 Å². The van der Waals surface area contributed by atoms with E-state index in [0.717, 1.165) is 21.4 Å². The Morgan fingerprint density at radius 1 is 0.647 bits per heavy atom. The molecule has 2 nitrogen and oxygen atoms in total. The third kappa shape index (κ3) is 4.07. The van der Waals surface area contributed by atoms with E-state index in [1.165, 1.54) is 32.9 Å². The second-order valence-electron chi connectivity index (χ2n) is 11.2. The third-order valence-corrected chi connectivity index (χ3v) is 7.11. The minimum atomic E-state index is 0.101. The summed E-state index contributed by atoms with van der Waals surface area (Å²) < 4.78 is 3.38. The maximum absolute atomic E-state index is 4.55. The molecule has 2 aromatic heterocycles. The number of nitrogens with zero attached hydrogens (tertiary/aromatic N) is 2. The molecule has 0 saturated heterocycles. The number of pyridine rings is 1. The van der Waals surface area contributed by atoms with Gasteiger partial charge in [0.2, 0.25) is 0 Å². The van der Waals surface area contributed by atoms with E-state index in [1.54, 1.807) is 0 Å². The first kappa shape index (κ1) is 22.9. The highest BCUT2D eigenvalue weighted by atomic mass is 79.9. The first-order chi connectivity index (χ1) is 16.0. The van der Waals surface area contributed by atoms with Gasteiger partial charge in [-0.25, -0.2) is 0 Å². The van der Waals surface area contributed by atoms with Gasteiger partial charge in [0.15, 0.2) is 0 Å². The zero-order valence-corrected chi connectivity index (χ0v) is 22.4. The van der Waals surface area contributed by atoms with Crippen LogP contribution in [-0.2, 0) is 10.8 Å². The number of rotatable bonds is 2. The molecule has 5 aromatic rings. The lowest BCUT2D eigenvalue weighted by Crippen LogP contribution is -2.10. The van der Waals surface area contributed by atoms with Gasteiger partial charge < -0.3 is 4.57 Å². The summed E-state index contributed by atoms with van der Waals surface area (Å²) in [5.74, 6) is 0. The zero-order chi connectivity index (χ0) is 24.3. The van der Waals surface area contributed by atoms with Crippen molar-refractivity contribution in [2.75, 3.05) is 0 Å². The van der Waals surface area contributed by atoms with Crippen LogP contribution in [0.25, 0.3) is 38.8 Å². The normalized spacial score (nSPS) is 12.6. The number of hydrogen-bond acceptors (Lipinski definition) is 1. The molecule has 0 spiro atoms. The van der Waals surface area contributed by atoms with Crippen LogP contribution >= 0.6 is 15.9 Å². The number of halogens is 1. The molecule has 172 valence electrons. The zero-order valence-electron chi connectivity index (χ0n) is 20.8. The Bertz CT molecular complexity index is 1420. The van der Waals surface area contributed by atoms with Crippen LogP contribution in [-0.4, -0.2) is 9.55 Å². The van der Waals surface area contributed by atoms with Gasteiger partial charge in [0, 0.05) is 32.7 Å². The lowest BCUT2D eigenvalue weighted by molar-refractivity contribution is 0.590. The van der Waals surface area contributed by atoms with Crippen LogP contribution in [0.4, 0.5) is 0 Å². The van der Waals surface area contributed by atoms with Gasteiger partial charge in [-0.05, 0) is 86.4 Å². The lowest BCUT2D eigenvalue weighted by atomic mass is 9.85. The average Bonchev–Trinajstić information content (AvgIpc) is 3.12. The molecule has 0 unspecified atom stereocenters. The SMILES string of the molecule is CC(C)(C)c1ccc2c(c1)c1cc(C(C)(C)C)ccc1n2-c1ccc(-c2ccc(Br)cn2)cc1. The Morgan fingerprint density at radius 3 is 1.62 bits per heavy atom. The molecule has 0 N–H and O–H groups in total. The first-order valence-electron chi connectivity index (χ1n) is 11.8. The largest absolute Gasteiger partial charge is 0.309 e. The fourth-order valence-electron chi connectivity index (χ4n) is 4.56. The van der Waals surface area contributed by atoms with Crippen molar-refractivity contribution in [2.24, 2.45) is 0 Å². The number of benzene rings is 3. The van der Waals surface area contributed by atoms with Crippen LogP contribution in [0, 0.1) is 0 Å². The Kier molecular flexibility index (Phi) is 5.44. The molecule has 0 bridgehead atoms. The molecule has 3 aromatic carbocycles. The highest BCUT2D eigenvalue weighted by Gasteiger charge is 2.20. The number of hydrogen-bond donors (Lipinski definition) is 0. The topological polar surface area (TPSA) is 17.8 Å². The van der Waals surface area contributed by atoms with Crippen molar-refractivity contribution < 1.29 is 0 Å². The van der Waals surface area contributed by atoms with E-state index in [4.69, 9.17) is 0 Å². The summed E-state index contributed by atoms with van der Waals surface area (Å²) in [6, 6.07) is 26.7. The quantitative estimate of drug-likeness (QED) is 0.231. The van der Waals surface area contributed by atoms with Crippen molar-refractivity contribution in [1.29, 1.82) is 0 Å². The second kappa shape index (κ2) is 8.09. The lowest BCUT2D eigenvalue weighted by Gasteiger charge is -2.19. The Balaban J connectivity index is 1.73. The van der Waals surface area contributed by atoms with Crippen LogP contribution in [0.2, 0.25) is 0 Å². The van der Waals surface area contributed by atoms with Crippen molar-refractivity contribution in [1.82, 2.24) is 9.55 Å². The van der Waals surface area contributed by atoms with E-state index in [0.29, 0.717) is 0 Å². The summed E-state index contributed by atoms with van der Waals surface area (Å²) in [4.78, 5) is 4.55. The molecule has 3 heteroatoms. The molecular formula is C31H31BrN2. The molecule has 34 heavy (non-hydrogen) atoms. The second-order valence-corrected chi connectivity index (χ2v) is 12.1. The molecule has 0 aliphatic heterocycles. The minimum absolute atomic E-state index is 0.101. The summed E-state index contributed by atoms with van der Waals surface area (Å²) >= 11 is 3.47. The van der Waals surface area contributed by atoms with Crippen LogP contribution in [0.3, 0.4) is 0 Å². The maximum atomic E-state index is 4.55. The third-order valence-electron chi connectivity index (χ3n) is 6.65.